The van der Waals surface area contributed by atoms with Crippen molar-refractivity contribution in [2.75, 3.05) is 13.2 Å². The van der Waals surface area contributed by atoms with Gasteiger partial charge >= 0.3 is 0 Å². The van der Waals surface area contributed by atoms with E-state index in [9.17, 15) is 0 Å². The zero-order valence-electron chi connectivity index (χ0n) is 8.96. The molecular weight excluding hydrogens is 176 g/mol. The first-order valence-electron chi connectivity index (χ1n) is 4.99. The number of benzene rings is 1. The Labute approximate surface area is 84.8 Å². The Morgan fingerprint density at radius 2 is 1.50 bits per heavy atom. The van der Waals surface area contributed by atoms with Crippen molar-refractivity contribution in [2.45, 2.75) is 27.1 Å². The fraction of sp³-hybridized carbons (Fsp3) is 0.500. The van der Waals surface area contributed by atoms with Crippen molar-refractivity contribution >= 4 is 0 Å². The van der Waals surface area contributed by atoms with Crippen molar-refractivity contribution in [1.29, 1.82) is 0 Å². The SMILES string of the molecule is Cc1cc(C)c(C2OCCO2)c(C)c1. The van der Waals surface area contributed by atoms with Crippen LogP contribution in [0.3, 0.4) is 0 Å². The lowest BCUT2D eigenvalue weighted by Crippen LogP contribution is -2.04. The molecule has 1 aliphatic rings. The summed E-state index contributed by atoms with van der Waals surface area (Å²) in [7, 11) is 0. The third-order valence-corrected chi connectivity index (χ3v) is 2.60. The maximum Gasteiger partial charge on any atom is 0.184 e. The minimum absolute atomic E-state index is 0.143. The van der Waals surface area contributed by atoms with Gasteiger partial charge < -0.3 is 9.47 Å². The Hall–Kier alpha value is -0.860. The van der Waals surface area contributed by atoms with Crippen molar-refractivity contribution in [1.82, 2.24) is 0 Å². The molecule has 0 unspecified atom stereocenters. The number of aryl methyl sites for hydroxylation is 3. The van der Waals surface area contributed by atoms with Gasteiger partial charge in [-0.25, -0.2) is 0 Å². The summed E-state index contributed by atoms with van der Waals surface area (Å²) >= 11 is 0. The first-order valence-corrected chi connectivity index (χ1v) is 4.99. The summed E-state index contributed by atoms with van der Waals surface area (Å²) in [6.07, 6.45) is -0.143. The molecule has 1 aliphatic heterocycles. The van der Waals surface area contributed by atoms with E-state index in [0.29, 0.717) is 13.2 Å². The van der Waals surface area contributed by atoms with Crippen LogP contribution in [0.25, 0.3) is 0 Å². The zero-order valence-corrected chi connectivity index (χ0v) is 8.96. The van der Waals surface area contributed by atoms with Gasteiger partial charge in [0, 0.05) is 5.56 Å². The molecule has 0 aromatic heterocycles. The summed E-state index contributed by atoms with van der Waals surface area (Å²) in [4.78, 5) is 0. The van der Waals surface area contributed by atoms with Crippen LogP contribution in [-0.2, 0) is 9.47 Å². The van der Waals surface area contributed by atoms with Gasteiger partial charge in [-0.2, -0.15) is 0 Å². The number of hydrogen-bond donors (Lipinski definition) is 0. The summed E-state index contributed by atoms with van der Waals surface area (Å²) in [5.41, 5.74) is 5.01. The minimum atomic E-state index is -0.143. The molecule has 0 amide bonds. The normalized spacial score (nSPS) is 17.6. The summed E-state index contributed by atoms with van der Waals surface area (Å²) in [5.74, 6) is 0. The zero-order chi connectivity index (χ0) is 10.1. The van der Waals surface area contributed by atoms with Gasteiger partial charge in [-0.1, -0.05) is 17.7 Å². The van der Waals surface area contributed by atoms with E-state index in [2.05, 4.69) is 32.9 Å². The van der Waals surface area contributed by atoms with Crippen molar-refractivity contribution in [3.63, 3.8) is 0 Å². The van der Waals surface area contributed by atoms with Gasteiger partial charge in [0.25, 0.3) is 0 Å². The van der Waals surface area contributed by atoms with Crippen molar-refractivity contribution in [3.05, 3.63) is 34.4 Å². The molecule has 14 heavy (non-hydrogen) atoms. The van der Waals surface area contributed by atoms with Crippen LogP contribution in [0.15, 0.2) is 12.1 Å². The van der Waals surface area contributed by atoms with E-state index in [1.165, 1.54) is 22.3 Å². The molecule has 0 bridgehead atoms. The quantitative estimate of drug-likeness (QED) is 0.681. The molecule has 0 N–H and O–H groups in total. The van der Waals surface area contributed by atoms with Gasteiger partial charge in [0.15, 0.2) is 6.29 Å². The number of rotatable bonds is 1. The maximum absolute atomic E-state index is 5.52. The molecule has 1 heterocycles. The van der Waals surface area contributed by atoms with E-state index < -0.39 is 0 Å². The molecular formula is C12H16O2. The lowest BCUT2D eigenvalue weighted by atomic mass is 9.99. The van der Waals surface area contributed by atoms with Gasteiger partial charge in [-0.05, 0) is 31.9 Å². The standard InChI is InChI=1S/C12H16O2/c1-8-6-9(2)11(10(3)7-8)12-13-4-5-14-12/h6-7,12H,4-5H2,1-3H3. The topological polar surface area (TPSA) is 18.5 Å². The first-order chi connectivity index (χ1) is 6.68. The second-order valence-corrected chi connectivity index (χ2v) is 3.89. The summed E-state index contributed by atoms with van der Waals surface area (Å²) in [5, 5.41) is 0. The van der Waals surface area contributed by atoms with Crippen LogP contribution in [0.1, 0.15) is 28.5 Å². The molecule has 1 aromatic carbocycles. The molecule has 0 atom stereocenters. The van der Waals surface area contributed by atoms with Gasteiger partial charge in [0.2, 0.25) is 0 Å². The summed E-state index contributed by atoms with van der Waals surface area (Å²) in [6.45, 7) is 7.75. The molecule has 2 nitrogen and oxygen atoms in total. The second kappa shape index (κ2) is 3.71. The van der Waals surface area contributed by atoms with Crippen LogP contribution in [-0.4, -0.2) is 13.2 Å². The Morgan fingerprint density at radius 3 is 2.00 bits per heavy atom. The molecule has 0 radical (unpaired) electrons. The molecule has 0 spiro atoms. The van der Waals surface area contributed by atoms with Crippen LogP contribution in [0, 0.1) is 20.8 Å². The van der Waals surface area contributed by atoms with Crippen molar-refractivity contribution in [3.8, 4) is 0 Å². The van der Waals surface area contributed by atoms with Gasteiger partial charge in [0.1, 0.15) is 0 Å². The van der Waals surface area contributed by atoms with Gasteiger partial charge in [-0.3, -0.25) is 0 Å². The second-order valence-electron chi connectivity index (χ2n) is 3.89. The number of hydrogen-bond acceptors (Lipinski definition) is 2. The molecule has 76 valence electrons. The monoisotopic (exact) mass is 192 g/mol. The van der Waals surface area contributed by atoms with Crippen LogP contribution >= 0.6 is 0 Å². The van der Waals surface area contributed by atoms with Crippen LogP contribution in [0.5, 0.6) is 0 Å². The van der Waals surface area contributed by atoms with Crippen molar-refractivity contribution in [2.24, 2.45) is 0 Å². The molecule has 2 rings (SSSR count). The van der Waals surface area contributed by atoms with Crippen LogP contribution in [0.4, 0.5) is 0 Å². The Bertz CT molecular complexity index is 315. The average molecular weight is 192 g/mol. The van der Waals surface area contributed by atoms with E-state index in [0.717, 1.165) is 0 Å². The van der Waals surface area contributed by atoms with Crippen LogP contribution < -0.4 is 0 Å². The number of ether oxygens (including phenoxy) is 2. The Morgan fingerprint density at radius 1 is 1.00 bits per heavy atom. The lowest BCUT2D eigenvalue weighted by Gasteiger charge is -2.16. The fourth-order valence-corrected chi connectivity index (χ4v) is 2.09. The average Bonchev–Trinajstić information content (AvgIpc) is 2.54. The first kappa shape index (κ1) is 9.69. The molecule has 0 aliphatic carbocycles. The highest BCUT2D eigenvalue weighted by atomic mass is 16.7. The third kappa shape index (κ3) is 1.68. The molecule has 1 fully saturated rings. The maximum atomic E-state index is 5.52. The van der Waals surface area contributed by atoms with E-state index in [4.69, 9.17) is 9.47 Å². The van der Waals surface area contributed by atoms with E-state index in [-0.39, 0.29) is 6.29 Å². The fourth-order valence-electron chi connectivity index (χ4n) is 2.09. The molecule has 0 saturated carbocycles. The van der Waals surface area contributed by atoms with Gasteiger partial charge in [-0.15, -0.1) is 0 Å². The predicted molar refractivity (Wildman–Crippen MR) is 55.3 cm³/mol. The predicted octanol–water partition coefficient (Wildman–Crippen LogP) is 2.66. The van der Waals surface area contributed by atoms with E-state index in [1.54, 1.807) is 0 Å². The van der Waals surface area contributed by atoms with E-state index in [1.807, 2.05) is 0 Å². The lowest BCUT2D eigenvalue weighted by molar-refractivity contribution is -0.0449. The Balaban J connectivity index is 2.40. The largest absolute Gasteiger partial charge is 0.346 e. The summed E-state index contributed by atoms with van der Waals surface area (Å²) in [6, 6.07) is 4.35. The highest BCUT2D eigenvalue weighted by Crippen LogP contribution is 2.29. The highest BCUT2D eigenvalue weighted by Gasteiger charge is 2.21. The molecule has 2 heteroatoms. The van der Waals surface area contributed by atoms with Gasteiger partial charge in [0.05, 0.1) is 13.2 Å². The van der Waals surface area contributed by atoms with E-state index >= 15 is 0 Å². The smallest absolute Gasteiger partial charge is 0.184 e. The van der Waals surface area contributed by atoms with Crippen LogP contribution in [0.2, 0.25) is 0 Å². The molecule has 1 aromatic rings. The van der Waals surface area contributed by atoms with Crippen molar-refractivity contribution < 1.29 is 9.47 Å². The highest BCUT2D eigenvalue weighted by molar-refractivity contribution is 5.38. The summed E-state index contributed by atoms with van der Waals surface area (Å²) < 4.78 is 11.0. The Kier molecular flexibility index (Phi) is 2.57. The molecule has 1 saturated heterocycles. The minimum Gasteiger partial charge on any atom is -0.346 e. The third-order valence-electron chi connectivity index (χ3n) is 2.60.